The average Bonchev–Trinajstić information content (AvgIpc) is 3.31. The number of aromatic nitrogens is 4. The zero-order chi connectivity index (χ0) is 20.4. The molecule has 0 unspecified atom stereocenters. The summed E-state index contributed by atoms with van der Waals surface area (Å²) in [6, 6.07) is 12.2. The number of hydrogen-bond acceptors (Lipinski definition) is 8. The van der Waals surface area contributed by atoms with Crippen LogP contribution in [0.4, 0.5) is 15.0 Å². The molecule has 0 spiro atoms. The molecule has 2 heterocycles. The Labute approximate surface area is 169 Å². The lowest BCUT2D eigenvalue weighted by molar-refractivity contribution is 0.215. The van der Waals surface area contributed by atoms with Gasteiger partial charge in [0.1, 0.15) is 11.6 Å². The number of para-hydroxylation sites is 1. The van der Waals surface area contributed by atoms with Crippen LogP contribution in [0.5, 0.6) is 5.75 Å². The van der Waals surface area contributed by atoms with Crippen LogP contribution in [-0.4, -0.2) is 26.1 Å². The van der Waals surface area contributed by atoms with Gasteiger partial charge >= 0.3 is 11.8 Å². The number of carbonyl (C=O) groups excluding carboxylic acids is 1. The van der Waals surface area contributed by atoms with Crippen LogP contribution in [0.15, 0.2) is 67.0 Å². The Balaban J connectivity index is 1.66. The predicted octanol–water partition coefficient (Wildman–Crippen LogP) is 3.39. The Morgan fingerprint density at radius 3 is 2.69 bits per heavy atom. The van der Waals surface area contributed by atoms with E-state index in [2.05, 4.69) is 41.3 Å². The van der Waals surface area contributed by atoms with Crippen molar-refractivity contribution >= 4 is 27.8 Å². The predicted molar refractivity (Wildman–Crippen MR) is 99.1 cm³/mol. The Morgan fingerprint density at radius 2 is 1.93 bits per heavy atom. The monoisotopic (exact) mass is 461 g/mol. The van der Waals surface area contributed by atoms with Gasteiger partial charge in [0, 0.05) is 0 Å². The molecule has 4 rings (SSSR count). The van der Waals surface area contributed by atoms with Crippen LogP contribution >= 0.6 is 15.9 Å². The van der Waals surface area contributed by atoms with Crippen LogP contribution in [-0.2, 0) is 0 Å². The van der Waals surface area contributed by atoms with Gasteiger partial charge in [-0.15, -0.1) is 0 Å². The molecule has 1 amide bonds. The quantitative estimate of drug-likeness (QED) is 0.490. The van der Waals surface area contributed by atoms with Gasteiger partial charge in [-0.2, -0.15) is 0 Å². The summed E-state index contributed by atoms with van der Waals surface area (Å²) in [5.74, 6) is -1.36. The van der Waals surface area contributed by atoms with Gasteiger partial charge in [0.15, 0.2) is 5.69 Å². The van der Waals surface area contributed by atoms with E-state index in [0.29, 0.717) is 5.75 Å². The Hall–Kier alpha value is -3.80. The third-order valence-corrected chi connectivity index (χ3v) is 4.25. The van der Waals surface area contributed by atoms with Crippen molar-refractivity contribution in [2.75, 3.05) is 5.32 Å². The minimum absolute atomic E-state index is 0.0960. The van der Waals surface area contributed by atoms with Crippen LogP contribution < -0.4 is 15.8 Å². The van der Waals surface area contributed by atoms with Gasteiger partial charge in [0.25, 0.3) is 0 Å². The first kappa shape index (κ1) is 18.6. The molecule has 2 aromatic carbocycles. The lowest BCUT2D eigenvalue weighted by Gasteiger charge is -2.06. The molecule has 0 aliphatic carbocycles. The normalized spacial score (nSPS) is 10.7. The topological polar surface area (TPSA) is 125 Å². The largest absolute Gasteiger partial charge is 0.446 e. The van der Waals surface area contributed by atoms with Crippen LogP contribution in [0.25, 0.3) is 17.2 Å². The van der Waals surface area contributed by atoms with Crippen LogP contribution in [0.2, 0.25) is 0 Å². The smallest absolute Gasteiger partial charge is 0.410 e. The average molecular weight is 462 g/mol. The van der Waals surface area contributed by atoms with E-state index in [9.17, 15) is 14.0 Å². The van der Waals surface area contributed by atoms with Crippen molar-refractivity contribution in [2.45, 2.75) is 0 Å². The molecule has 0 radical (unpaired) electrons. The molecule has 0 atom stereocenters. The maximum atomic E-state index is 13.5. The number of rotatable bonds is 4. The van der Waals surface area contributed by atoms with Crippen LogP contribution in [0.3, 0.4) is 0 Å². The first-order valence-corrected chi connectivity index (χ1v) is 8.73. The summed E-state index contributed by atoms with van der Waals surface area (Å²) < 4.78 is 29.1. The van der Waals surface area contributed by atoms with Gasteiger partial charge < -0.3 is 4.74 Å². The number of benzene rings is 2. The van der Waals surface area contributed by atoms with Crippen molar-refractivity contribution in [2.24, 2.45) is 0 Å². The van der Waals surface area contributed by atoms with Crippen LogP contribution in [0.1, 0.15) is 0 Å². The fourth-order valence-corrected chi connectivity index (χ4v) is 2.75. The maximum absolute atomic E-state index is 13.5. The summed E-state index contributed by atoms with van der Waals surface area (Å²) in [7, 11) is 0. The number of amides is 1. The highest BCUT2D eigenvalue weighted by molar-refractivity contribution is 9.10. The van der Waals surface area contributed by atoms with Crippen molar-refractivity contribution < 1.29 is 23.1 Å². The number of hydrogen-bond donors (Lipinski definition) is 1. The SMILES string of the molecule is O=C(Nc1nonc1-c1noc(=O)n1-c1ccc(F)c(Br)c1)Oc1ccccc1. The molecule has 0 saturated carbocycles. The highest BCUT2D eigenvalue weighted by Gasteiger charge is 2.24. The van der Waals surface area contributed by atoms with E-state index in [-0.39, 0.29) is 27.5 Å². The molecule has 0 fully saturated rings. The summed E-state index contributed by atoms with van der Waals surface area (Å²) >= 11 is 3.05. The number of nitrogens with zero attached hydrogens (tertiary/aromatic N) is 4. The number of nitrogens with one attached hydrogen (secondary N) is 1. The maximum Gasteiger partial charge on any atom is 0.446 e. The molecule has 29 heavy (non-hydrogen) atoms. The van der Waals surface area contributed by atoms with Gasteiger partial charge in [0.05, 0.1) is 10.2 Å². The van der Waals surface area contributed by atoms with E-state index in [1.54, 1.807) is 30.3 Å². The Kier molecular flexibility index (Phi) is 4.91. The fourth-order valence-electron chi connectivity index (χ4n) is 2.39. The van der Waals surface area contributed by atoms with Crippen LogP contribution in [0, 0.1) is 5.82 Å². The molecular weight excluding hydrogens is 453 g/mol. The lowest BCUT2D eigenvalue weighted by atomic mass is 10.3. The summed E-state index contributed by atoms with van der Waals surface area (Å²) in [6.07, 6.45) is -0.866. The molecule has 146 valence electrons. The number of anilines is 1. The third-order valence-electron chi connectivity index (χ3n) is 3.64. The molecule has 0 aliphatic heterocycles. The van der Waals surface area contributed by atoms with E-state index in [4.69, 9.17) is 9.26 Å². The Morgan fingerprint density at radius 1 is 1.14 bits per heavy atom. The van der Waals surface area contributed by atoms with Crippen molar-refractivity contribution in [3.8, 4) is 23.0 Å². The second-order valence-corrected chi connectivity index (χ2v) is 6.35. The van der Waals surface area contributed by atoms with Crippen molar-refractivity contribution in [3.05, 3.63) is 69.4 Å². The summed E-state index contributed by atoms with van der Waals surface area (Å²) in [6.45, 7) is 0. The molecule has 4 aromatic rings. The second-order valence-electron chi connectivity index (χ2n) is 5.49. The molecule has 0 bridgehead atoms. The van der Waals surface area contributed by atoms with Gasteiger partial charge in [-0.25, -0.2) is 23.2 Å². The molecule has 12 heteroatoms. The van der Waals surface area contributed by atoms with Gasteiger partial charge in [0.2, 0.25) is 11.6 Å². The van der Waals surface area contributed by atoms with Crippen molar-refractivity contribution in [1.29, 1.82) is 0 Å². The van der Waals surface area contributed by atoms with Crippen molar-refractivity contribution in [1.82, 2.24) is 20.0 Å². The molecule has 0 aliphatic rings. The van der Waals surface area contributed by atoms with E-state index in [1.807, 2.05) is 0 Å². The molecule has 1 N–H and O–H groups in total. The highest BCUT2D eigenvalue weighted by atomic mass is 79.9. The summed E-state index contributed by atoms with van der Waals surface area (Å²) in [5.41, 5.74) is 0.140. The van der Waals surface area contributed by atoms with Gasteiger partial charge in [-0.1, -0.05) is 23.4 Å². The van der Waals surface area contributed by atoms with E-state index < -0.39 is 17.7 Å². The number of halogens is 2. The molecule has 2 aromatic heterocycles. The highest BCUT2D eigenvalue weighted by Crippen LogP contribution is 2.26. The van der Waals surface area contributed by atoms with Gasteiger partial charge in [-0.3, -0.25) is 9.84 Å². The summed E-state index contributed by atoms with van der Waals surface area (Å²) in [4.78, 5) is 24.2. The number of carbonyl (C=O) groups is 1. The van der Waals surface area contributed by atoms with E-state index >= 15 is 0 Å². The minimum Gasteiger partial charge on any atom is -0.410 e. The fraction of sp³-hybridized carbons (Fsp3) is 0. The molecule has 0 saturated heterocycles. The lowest BCUT2D eigenvalue weighted by Crippen LogP contribution is -2.18. The van der Waals surface area contributed by atoms with Gasteiger partial charge in [-0.05, 0) is 56.6 Å². The Bertz CT molecular complexity index is 1240. The standard InChI is InChI=1S/C17H9BrFN5O5/c18-11-8-9(6-7-12(11)19)24-15(23-28-17(24)26)13-14(22-29-21-13)20-16(25)27-10-4-2-1-3-5-10/h1-8H,(H,20,22,25). The minimum atomic E-state index is -0.866. The second kappa shape index (κ2) is 7.67. The zero-order valence-electron chi connectivity index (χ0n) is 14.2. The first-order chi connectivity index (χ1) is 14.0. The van der Waals surface area contributed by atoms with E-state index in [1.165, 1.54) is 12.1 Å². The first-order valence-electron chi connectivity index (χ1n) is 7.94. The number of ether oxygens (including phenoxy) is 1. The van der Waals surface area contributed by atoms with E-state index in [0.717, 1.165) is 10.6 Å². The van der Waals surface area contributed by atoms with Crippen molar-refractivity contribution in [3.63, 3.8) is 0 Å². The summed E-state index contributed by atoms with van der Waals surface area (Å²) in [5, 5.41) is 13.2. The third kappa shape index (κ3) is 3.78. The zero-order valence-corrected chi connectivity index (χ0v) is 15.8. The molecular formula is C17H9BrFN5O5. The molecule has 10 nitrogen and oxygen atoms in total.